The fourth-order valence-electron chi connectivity index (χ4n) is 6.38. The third kappa shape index (κ3) is 4.84. The van der Waals surface area contributed by atoms with Gasteiger partial charge in [-0.1, -0.05) is 61.4 Å². The monoisotopic (exact) mass is 489 g/mol. The van der Waals surface area contributed by atoms with E-state index >= 15 is 0 Å². The van der Waals surface area contributed by atoms with E-state index in [2.05, 4.69) is 51.9 Å². The molecule has 2 heterocycles. The molecule has 1 unspecified atom stereocenters. The zero-order valence-electron chi connectivity index (χ0n) is 20.8. The van der Waals surface area contributed by atoms with Crippen molar-refractivity contribution in [3.05, 3.63) is 65.7 Å². The molecule has 2 aromatic carbocycles. The van der Waals surface area contributed by atoms with Crippen LogP contribution in [0.1, 0.15) is 68.7 Å². The third-order valence-corrected chi connectivity index (χ3v) is 7.94. The molecule has 5 rings (SSSR count). The summed E-state index contributed by atoms with van der Waals surface area (Å²) in [5.74, 6) is -0.789. The zero-order chi connectivity index (χ0) is 25.1. The van der Waals surface area contributed by atoms with E-state index in [-0.39, 0.29) is 54.8 Å². The Kier molecular flexibility index (Phi) is 7.25. The Morgan fingerprint density at radius 2 is 1.75 bits per heavy atom. The van der Waals surface area contributed by atoms with Gasteiger partial charge in [0.15, 0.2) is 0 Å². The normalized spacial score (nSPS) is 26.8. The van der Waals surface area contributed by atoms with Gasteiger partial charge in [-0.2, -0.15) is 0 Å². The number of anilines is 1. The molecule has 2 aliphatic heterocycles. The molecule has 7 heteroatoms. The first kappa shape index (κ1) is 24.3. The average molecular weight is 490 g/mol. The lowest BCUT2D eigenvalue weighted by Crippen LogP contribution is -2.50. The summed E-state index contributed by atoms with van der Waals surface area (Å²) in [6.07, 6.45) is 4.04. The van der Waals surface area contributed by atoms with E-state index in [4.69, 9.17) is 4.74 Å². The van der Waals surface area contributed by atoms with E-state index in [9.17, 15) is 14.4 Å². The molecule has 190 valence electrons. The second-order valence-electron chi connectivity index (χ2n) is 10.1. The molecule has 3 aliphatic rings. The van der Waals surface area contributed by atoms with Gasteiger partial charge in [-0.05, 0) is 43.4 Å². The van der Waals surface area contributed by atoms with E-state index in [1.54, 1.807) is 6.92 Å². The summed E-state index contributed by atoms with van der Waals surface area (Å²) in [7, 11) is 0. The zero-order valence-corrected chi connectivity index (χ0v) is 20.8. The van der Waals surface area contributed by atoms with Gasteiger partial charge in [0.1, 0.15) is 6.42 Å². The van der Waals surface area contributed by atoms with Gasteiger partial charge in [0, 0.05) is 24.2 Å². The van der Waals surface area contributed by atoms with Crippen molar-refractivity contribution < 1.29 is 19.1 Å². The van der Waals surface area contributed by atoms with Gasteiger partial charge in [0.25, 0.3) is 0 Å². The Hall–Kier alpha value is -3.35. The van der Waals surface area contributed by atoms with Crippen molar-refractivity contribution in [1.82, 2.24) is 10.2 Å². The molecule has 0 aromatic heterocycles. The number of carbonyl (C=O) groups excluding carboxylic acids is 3. The fourth-order valence-corrected chi connectivity index (χ4v) is 6.38. The maximum absolute atomic E-state index is 14.1. The number of rotatable bonds is 6. The first-order valence-electron chi connectivity index (χ1n) is 13.2. The number of amides is 2. The summed E-state index contributed by atoms with van der Waals surface area (Å²) in [5, 5.41) is 6.74. The van der Waals surface area contributed by atoms with Crippen LogP contribution in [0.25, 0.3) is 0 Å². The van der Waals surface area contributed by atoms with E-state index in [0.717, 1.165) is 37.8 Å². The average Bonchev–Trinajstić information content (AvgIpc) is 3.34. The molecule has 36 heavy (non-hydrogen) atoms. The molecule has 1 saturated carbocycles. The van der Waals surface area contributed by atoms with Crippen molar-refractivity contribution in [2.75, 3.05) is 18.5 Å². The molecular formula is C29H35N3O4. The number of nitrogens with zero attached hydrogens (tertiary/aromatic N) is 1. The number of benzene rings is 2. The van der Waals surface area contributed by atoms with Crippen molar-refractivity contribution in [2.24, 2.45) is 11.8 Å². The van der Waals surface area contributed by atoms with E-state index in [1.165, 1.54) is 11.1 Å². The molecule has 5 atom stereocenters. The minimum atomic E-state index is -0.533. The molecule has 0 spiro atoms. The van der Waals surface area contributed by atoms with Crippen LogP contribution in [0.4, 0.5) is 5.69 Å². The summed E-state index contributed by atoms with van der Waals surface area (Å²) >= 11 is 0. The maximum atomic E-state index is 14.1. The molecule has 2 aromatic rings. The highest BCUT2D eigenvalue weighted by atomic mass is 16.5. The number of hydrogen-bond donors (Lipinski definition) is 2. The van der Waals surface area contributed by atoms with Crippen molar-refractivity contribution in [2.45, 2.75) is 63.6 Å². The molecular weight excluding hydrogens is 454 g/mol. The van der Waals surface area contributed by atoms with Crippen LogP contribution in [0.5, 0.6) is 0 Å². The minimum absolute atomic E-state index is 0.00188. The number of fused-ring (bicyclic) bond motifs is 3. The smallest absolute Gasteiger partial charge is 0.315 e. The molecule has 0 radical (unpaired) electrons. The standard InChI is InChI=1S/C29H35N3O4/c1-2-36-26(34)18-25(33)30-24-15-9-7-13-21(24)29(35)32-17-16-22-27(19-10-4-3-5-11-19)31-23-14-8-6-12-20(23)28(22)32/h3-6,8,10-12,14,21-22,24,27-28,31H,2,7,9,13,15-18H2,1H3,(H,30,33)/t21?,22-,24-,27+,28+/m1/s1. The number of ether oxygens (including phenoxy) is 1. The van der Waals surface area contributed by atoms with Gasteiger partial charge in [0.2, 0.25) is 11.8 Å². The number of esters is 1. The number of hydrogen-bond acceptors (Lipinski definition) is 5. The summed E-state index contributed by atoms with van der Waals surface area (Å²) < 4.78 is 4.92. The predicted octanol–water partition coefficient (Wildman–Crippen LogP) is 4.37. The van der Waals surface area contributed by atoms with E-state index in [0.29, 0.717) is 6.54 Å². The molecule has 7 nitrogen and oxygen atoms in total. The molecule has 2 N–H and O–H groups in total. The van der Waals surface area contributed by atoms with Crippen molar-refractivity contribution in [3.63, 3.8) is 0 Å². The van der Waals surface area contributed by atoms with E-state index < -0.39 is 5.97 Å². The number of nitrogens with one attached hydrogen (secondary N) is 2. The summed E-state index contributed by atoms with van der Waals surface area (Å²) in [6.45, 7) is 2.66. The van der Waals surface area contributed by atoms with Crippen LogP contribution in [-0.2, 0) is 19.1 Å². The summed E-state index contributed by atoms with van der Waals surface area (Å²) in [5.41, 5.74) is 3.48. The highest BCUT2D eigenvalue weighted by Crippen LogP contribution is 2.51. The van der Waals surface area contributed by atoms with Gasteiger partial charge >= 0.3 is 5.97 Å². The van der Waals surface area contributed by atoms with Crippen LogP contribution >= 0.6 is 0 Å². The Labute approximate surface area is 212 Å². The SMILES string of the molecule is CCOC(=O)CC(=O)N[C@@H]1CCCCC1C(=O)N1CC[C@@H]2[C@H](c3ccccc3)Nc3ccccc3[C@@H]21. The predicted molar refractivity (Wildman–Crippen MR) is 137 cm³/mol. The van der Waals surface area contributed by atoms with Crippen LogP contribution in [-0.4, -0.2) is 41.9 Å². The number of likely N-dealkylation sites (tertiary alicyclic amines) is 1. The lowest BCUT2D eigenvalue weighted by atomic mass is 9.79. The lowest BCUT2D eigenvalue weighted by molar-refractivity contribution is -0.146. The molecule has 2 fully saturated rings. The summed E-state index contributed by atoms with van der Waals surface area (Å²) in [6, 6.07) is 18.7. The topological polar surface area (TPSA) is 87.7 Å². The van der Waals surface area contributed by atoms with Gasteiger partial charge < -0.3 is 20.3 Å². The van der Waals surface area contributed by atoms with Gasteiger partial charge in [-0.25, -0.2) is 0 Å². The minimum Gasteiger partial charge on any atom is -0.466 e. The van der Waals surface area contributed by atoms with Crippen LogP contribution in [0, 0.1) is 11.8 Å². The van der Waals surface area contributed by atoms with Crippen LogP contribution in [0.2, 0.25) is 0 Å². The Morgan fingerprint density at radius 1 is 1.00 bits per heavy atom. The van der Waals surface area contributed by atoms with Gasteiger partial charge in [0.05, 0.1) is 24.6 Å². The maximum Gasteiger partial charge on any atom is 0.315 e. The van der Waals surface area contributed by atoms with E-state index in [1.807, 2.05) is 18.2 Å². The number of carbonyl (C=O) groups is 3. The fraction of sp³-hybridized carbons (Fsp3) is 0.483. The second-order valence-corrected chi connectivity index (χ2v) is 10.1. The van der Waals surface area contributed by atoms with Crippen molar-refractivity contribution in [1.29, 1.82) is 0 Å². The highest BCUT2D eigenvalue weighted by molar-refractivity contribution is 5.94. The van der Waals surface area contributed by atoms with Gasteiger partial charge in [-0.15, -0.1) is 0 Å². The molecule has 0 bridgehead atoms. The largest absolute Gasteiger partial charge is 0.466 e. The second kappa shape index (κ2) is 10.7. The number of para-hydroxylation sites is 1. The van der Waals surface area contributed by atoms with Crippen LogP contribution in [0.3, 0.4) is 0 Å². The quantitative estimate of drug-likeness (QED) is 0.465. The highest BCUT2D eigenvalue weighted by Gasteiger charge is 2.48. The Balaban J connectivity index is 1.38. The first-order valence-corrected chi connectivity index (χ1v) is 13.2. The molecule has 1 aliphatic carbocycles. The third-order valence-electron chi connectivity index (χ3n) is 7.94. The molecule has 2 amide bonds. The van der Waals surface area contributed by atoms with Crippen LogP contribution < -0.4 is 10.6 Å². The summed E-state index contributed by atoms with van der Waals surface area (Å²) in [4.78, 5) is 40.5. The molecule has 1 saturated heterocycles. The first-order chi connectivity index (χ1) is 17.6. The van der Waals surface area contributed by atoms with Gasteiger partial charge in [-0.3, -0.25) is 14.4 Å². The van der Waals surface area contributed by atoms with Crippen molar-refractivity contribution in [3.8, 4) is 0 Å². The Morgan fingerprint density at radius 3 is 2.56 bits per heavy atom. The lowest BCUT2D eigenvalue weighted by Gasteiger charge is -2.42. The Bertz CT molecular complexity index is 1100. The van der Waals surface area contributed by atoms with Crippen molar-refractivity contribution >= 4 is 23.5 Å². The van der Waals surface area contributed by atoms with Crippen LogP contribution in [0.15, 0.2) is 54.6 Å².